The maximum absolute atomic E-state index is 12.8. The number of fused-ring (bicyclic) bond motifs is 1. The number of thiophene rings is 1. The SMILES string of the molecule is C=CCn1c(SC)nc2scc(-c3ccccc3)c2c1=O. The second-order valence-electron chi connectivity index (χ2n) is 4.50. The van der Waals surface area contributed by atoms with Gasteiger partial charge in [-0.3, -0.25) is 9.36 Å². The molecule has 0 N–H and O–H groups in total. The van der Waals surface area contributed by atoms with Crippen LogP contribution in [-0.2, 0) is 6.54 Å². The van der Waals surface area contributed by atoms with Crippen molar-refractivity contribution in [3.05, 3.63) is 58.7 Å². The lowest BCUT2D eigenvalue weighted by atomic mass is 10.1. The van der Waals surface area contributed by atoms with E-state index < -0.39 is 0 Å². The third-order valence-corrected chi connectivity index (χ3v) is 4.79. The molecular weight excluding hydrogens is 300 g/mol. The first kappa shape index (κ1) is 14.1. The Morgan fingerprint density at radius 1 is 1.38 bits per heavy atom. The number of thioether (sulfide) groups is 1. The molecule has 0 saturated carbocycles. The van der Waals surface area contributed by atoms with Crippen LogP contribution in [0.2, 0.25) is 0 Å². The predicted octanol–water partition coefficient (Wildman–Crippen LogP) is 4.03. The van der Waals surface area contributed by atoms with Crippen molar-refractivity contribution in [1.82, 2.24) is 9.55 Å². The Morgan fingerprint density at radius 2 is 2.14 bits per heavy atom. The first-order valence-electron chi connectivity index (χ1n) is 6.48. The van der Waals surface area contributed by atoms with Crippen LogP contribution in [0.15, 0.2) is 58.3 Å². The van der Waals surface area contributed by atoms with Gasteiger partial charge in [0.25, 0.3) is 5.56 Å². The normalized spacial score (nSPS) is 10.9. The summed E-state index contributed by atoms with van der Waals surface area (Å²) in [6.07, 6.45) is 3.65. The van der Waals surface area contributed by atoms with Crippen molar-refractivity contribution in [2.24, 2.45) is 0 Å². The summed E-state index contributed by atoms with van der Waals surface area (Å²) in [7, 11) is 0. The van der Waals surface area contributed by atoms with Crippen molar-refractivity contribution < 1.29 is 0 Å². The third-order valence-electron chi connectivity index (χ3n) is 3.24. The average Bonchev–Trinajstić information content (AvgIpc) is 2.95. The summed E-state index contributed by atoms with van der Waals surface area (Å²) in [5.74, 6) is 0. The summed E-state index contributed by atoms with van der Waals surface area (Å²) in [5.41, 5.74) is 2.01. The van der Waals surface area contributed by atoms with Gasteiger partial charge in [0.1, 0.15) is 4.83 Å². The van der Waals surface area contributed by atoms with E-state index in [1.54, 1.807) is 10.6 Å². The molecule has 106 valence electrons. The highest BCUT2D eigenvalue weighted by atomic mass is 32.2. The van der Waals surface area contributed by atoms with Crippen LogP contribution in [0.3, 0.4) is 0 Å². The van der Waals surface area contributed by atoms with Crippen LogP contribution in [0.25, 0.3) is 21.3 Å². The van der Waals surface area contributed by atoms with Gasteiger partial charge < -0.3 is 0 Å². The topological polar surface area (TPSA) is 34.9 Å². The Bertz CT molecular complexity index is 850. The van der Waals surface area contributed by atoms with E-state index in [4.69, 9.17) is 0 Å². The molecule has 0 saturated heterocycles. The molecule has 0 unspecified atom stereocenters. The number of benzene rings is 1. The minimum atomic E-state index is 0.00403. The fraction of sp³-hybridized carbons (Fsp3) is 0.125. The van der Waals surface area contributed by atoms with Gasteiger partial charge in [0.2, 0.25) is 0 Å². The molecule has 0 radical (unpaired) electrons. The molecule has 0 amide bonds. The standard InChI is InChI=1S/C16H14N2OS2/c1-3-9-18-15(19)13-12(11-7-5-4-6-8-11)10-21-14(13)17-16(18)20-2/h3-8,10H,1,9H2,2H3. The van der Waals surface area contributed by atoms with Crippen molar-refractivity contribution >= 4 is 33.3 Å². The lowest BCUT2D eigenvalue weighted by Crippen LogP contribution is -2.22. The summed E-state index contributed by atoms with van der Waals surface area (Å²) in [6.45, 7) is 4.20. The number of hydrogen-bond acceptors (Lipinski definition) is 4. The average molecular weight is 314 g/mol. The molecule has 0 aliphatic rings. The van der Waals surface area contributed by atoms with E-state index in [9.17, 15) is 4.79 Å². The predicted molar refractivity (Wildman–Crippen MR) is 91.3 cm³/mol. The molecule has 2 aromatic heterocycles. The smallest absolute Gasteiger partial charge is 0.263 e. The molecule has 0 bridgehead atoms. The fourth-order valence-electron chi connectivity index (χ4n) is 2.28. The van der Waals surface area contributed by atoms with E-state index in [2.05, 4.69) is 11.6 Å². The molecule has 5 heteroatoms. The zero-order valence-electron chi connectivity index (χ0n) is 11.6. The van der Waals surface area contributed by atoms with Crippen LogP contribution in [0.1, 0.15) is 0 Å². The lowest BCUT2D eigenvalue weighted by molar-refractivity contribution is 0.674. The van der Waals surface area contributed by atoms with Crippen LogP contribution < -0.4 is 5.56 Å². The van der Waals surface area contributed by atoms with Crippen molar-refractivity contribution in [1.29, 1.82) is 0 Å². The minimum absolute atomic E-state index is 0.00403. The molecule has 0 atom stereocenters. The van der Waals surface area contributed by atoms with Crippen molar-refractivity contribution in [3.63, 3.8) is 0 Å². The highest BCUT2D eigenvalue weighted by Gasteiger charge is 2.15. The maximum atomic E-state index is 12.8. The Balaban J connectivity index is 2.33. The number of aromatic nitrogens is 2. The monoisotopic (exact) mass is 314 g/mol. The highest BCUT2D eigenvalue weighted by molar-refractivity contribution is 7.98. The first-order chi connectivity index (χ1) is 10.3. The molecule has 3 rings (SSSR count). The first-order valence-corrected chi connectivity index (χ1v) is 8.59. The molecular formula is C16H14N2OS2. The number of nitrogens with zero attached hydrogens (tertiary/aromatic N) is 2. The van der Waals surface area contributed by atoms with Crippen LogP contribution in [0.5, 0.6) is 0 Å². The zero-order valence-corrected chi connectivity index (χ0v) is 13.2. The van der Waals surface area contributed by atoms with Gasteiger partial charge in [-0.15, -0.1) is 17.9 Å². The Kier molecular flexibility index (Phi) is 3.94. The molecule has 21 heavy (non-hydrogen) atoms. The molecule has 1 aromatic carbocycles. The third kappa shape index (κ3) is 2.43. The summed E-state index contributed by atoms with van der Waals surface area (Å²) in [5, 5.41) is 3.44. The van der Waals surface area contributed by atoms with Gasteiger partial charge in [-0.05, 0) is 11.8 Å². The van der Waals surface area contributed by atoms with E-state index >= 15 is 0 Å². The van der Waals surface area contributed by atoms with Gasteiger partial charge in [0.05, 0.1) is 5.39 Å². The van der Waals surface area contributed by atoms with Gasteiger partial charge in [0.15, 0.2) is 5.16 Å². The van der Waals surface area contributed by atoms with Crippen molar-refractivity contribution in [2.45, 2.75) is 11.7 Å². The van der Waals surface area contributed by atoms with Gasteiger partial charge in [-0.25, -0.2) is 4.98 Å². The summed E-state index contributed by atoms with van der Waals surface area (Å²) < 4.78 is 1.68. The van der Waals surface area contributed by atoms with Crippen LogP contribution in [0.4, 0.5) is 0 Å². The number of hydrogen-bond donors (Lipinski definition) is 0. The minimum Gasteiger partial charge on any atom is -0.283 e. The summed E-state index contributed by atoms with van der Waals surface area (Å²) >= 11 is 3.00. The van der Waals surface area contributed by atoms with E-state index in [0.29, 0.717) is 11.9 Å². The fourth-order valence-corrected chi connectivity index (χ4v) is 3.84. The van der Waals surface area contributed by atoms with E-state index in [1.807, 2.05) is 42.0 Å². The highest BCUT2D eigenvalue weighted by Crippen LogP contribution is 2.31. The molecule has 0 spiro atoms. The lowest BCUT2D eigenvalue weighted by Gasteiger charge is -2.08. The molecule has 3 aromatic rings. The quantitative estimate of drug-likeness (QED) is 0.414. The summed E-state index contributed by atoms with van der Waals surface area (Å²) in [6, 6.07) is 9.95. The van der Waals surface area contributed by atoms with Crippen molar-refractivity contribution in [2.75, 3.05) is 6.26 Å². The van der Waals surface area contributed by atoms with Gasteiger partial charge in [-0.2, -0.15) is 0 Å². The van der Waals surface area contributed by atoms with Gasteiger partial charge in [-0.1, -0.05) is 48.2 Å². The second-order valence-corrected chi connectivity index (χ2v) is 6.13. The molecule has 3 nitrogen and oxygen atoms in total. The largest absolute Gasteiger partial charge is 0.283 e. The molecule has 0 fully saturated rings. The van der Waals surface area contributed by atoms with Gasteiger partial charge in [0, 0.05) is 17.5 Å². The maximum Gasteiger partial charge on any atom is 0.263 e. The van der Waals surface area contributed by atoms with Crippen LogP contribution >= 0.6 is 23.1 Å². The van der Waals surface area contributed by atoms with Gasteiger partial charge >= 0.3 is 0 Å². The van der Waals surface area contributed by atoms with E-state index in [0.717, 1.165) is 21.1 Å². The summed E-state index contributed by atoms with van der Waals surface area (Å²) in [4.78, 5) is 18.2. The zero-order chi connectivity index (χ0) is 14.8. The Labute approximate surface area is 131 Å². The number of rotatable bonds is 4. The second kappa shape index (κ2) is 5.87. The van der Waals surface area contributed by atoms with Crippen LogP contribution in [-0.4, -0.2) is 15.8 Å². The van der Waals surface area contributed by atoms with E-state index in [-0.39, 0.29) is 5.56 Å². The Morgan fingerprint density at radius 3 is 2.81 bits per heavy atom. The Hall–Kier alpha value is -1.85. The molecule has 2 heterocycles. The molecule has 0 aliphatic carbocycles. The number of allylic oxidation sites excluding steroid dienone is 1. The molecule has 0 aliphatic heterocycles. The van der Waals surface area contributed by atoms with Crippen LogP contribution in [0, 0.1) is 0 Å². The van der Waals surface area contributed by atoms with E-state index in [1.165, 1.54) is 23.1 Å². The van der Waals surface area contributed by atoms with Crippen molar-refractivity contribution in [3.8, 4) is 11.1 Å².